The molecule has 3 nitrogen and oxygen atoms in total. The number of hydrogen-bond acceptors (Lipinski definition) is 3. The maximum atomic E-state index is 11.6. The lowest BCUT2D eigenvalue weighted by atomic mass is 10.1. The van der Waals surface area contributed by atoms with Crippen LogP contribution in [0.1, 0.15) is 62.0 Å². The molecule has 100 valence electrons. The minimum atomic E-state index is -0.312. The topological polar surface area (TPSA) is 39.2 Å². The quantitative estimate of drug-likeness (QED) is 0.520. The Balaban J connectivity index is 2.38. The first-order valence-electron chi connectivity index (χ1n) is 6.90. The number of nitrogens with zero attached hydrogens (tertiary/aromatic N) is 1. The summed E-state index contributed by atoms with van der Waals surface area (Å²) < 4.78 is 5.15. The second-order valence-corrected chi connectivity index (χ2v) is 4.50. The molecule has 3 heteroatoms. The molecule has 1 heterocycles. The fourth-order valence-electron chi connectivity index (χ4n) is 1.66. The molecule has 0 saturated carbocycles. The smallest absolute Gasteiger partial charge is 0.356 e. The van der Waals surface area contributed by atoms with Crippen molar-refractivity contribution in [1.82, 2.24) is 4.98 Å². The number of unbranched alkanes of at least 4 members (excludes halogenated alkanes) is 3. The fourth-order valence-corrected chi connectivity index (χ4v) is 1.66. The molecule has 0 aromatic carbocycles. The Morgan fingerprint density at radius 3 is 2.56 bits per heavy atom. The lowest BCUT2D eigenvalue weighted by Gasteiger charge is -2.04. The zero-order valence-electron chi connectivity index (χ0n) is 11.4. The minimum Gasteiger partial charge on any atom is -0.461 e. The fraction of sp³-hybridized carbons (Fsp3) is 0.600. The average Bonchev–Trinajstić information content (AvgIpc) is 2.41. The predicted molar refractivity (Wildman–Crippen MR) is 72.7 cm³/mol. The van der Waals surface area contributed by atoms with Gasteiger partial charge in [0.2, 0.25) is 0 Å². The van der Waals surface area contributed by atoms with Gasteiger partial charge in [0.15, 0.2) is 0 Å². The van der Waals surface area contributed by atoms with Gasteiger partial charge < -0.3 is 4.74 Å². The lowest BCUT2D eigenvalue weighted by Crippen LogP contribution is -2.08. The number of rotatable bonds is 8. The molecule has 0 N–H and O–H groups in total. The second-order valence-electron chi connectivity index (χ2n) is 4.50. The first-order valence-corrected chi connectivity index (χ1v) is 6.90. The third kappa shape index (κ3) is 5.30. The molecule has 1 rings (SSSR count). The molecule has 18 heavy (non-hydrogen) atoms. The van der Waals surface area contributed by atoms with Gasteiger partial charge in [0, 0.05) is 6.20 Å². The SMILES string of the molecule is CCCCCOC(=O)c1ccc(CCCC)cn1. The van der Waals surface area contributed by atoms with Crippen LogP contribution in [0.25, 0.3) is 0 Å². The summed E-state index contributed by atoms with van der Waals surface area (Å²) in [6, 6.07) is 3.72. The zero-order chi connectivity index (χ0) is 13.2. The van der Waals surface area contributed by atoms with Crippen molar-refractivity contribution in [2.24, 2.45) is 0 Å². The van der Waals surface area contributed by atoms with E-state index in [0.29, 0.717) is 12.3 Å². The van der Waals surface area contributed by atoms with Crippen molar-refractivity contribution in [1.29, 1.82) is 0 Å². The number of carbonyl (C=O) groups excluding carboxylic acids is 1. The highest BCUT2D eigenvalue weighted by molar-refractivity contribution is 5.87. The zero-order valence-corrected chi connectivity index (χ0v) is 11.4. The largest absolute Gasteiger partial charge is 0.461 e. The van der Waals surface area contributed by atoms with Crippen molar-refractivity contribution in [2.45, 2.75) is 52.4 Å². The highest BCUT2D eigenvalue weighted by Crippen LogP contribution is 2.06. The van der Waals surface area contributed by atoms with Crippen molar-refractivity contribution in [3.63, 3.8) is 0 Å². The van der Waals surface area contributed by atoms with Crippen molar-refractivity contribution >= 4 is 5.97 Å². The van der Waals surface area contributed by atoms with E-state index < -0.39 is 0 Å². The van der Waals surface area contributed by atoms with Gasteiger partial charge in [0.25, 0.3) is 0 Å². The summed E-state index contributed by atoms with van der Waals surface area (Å²) in [5.41, 5.74) is 1.59. The van der Waals surface area contributed by atoms with Gasteiger partial charge in [-0.1, -0.05) is 39.2 Å². The number of hydrogen-bond donors (Lipinski definition) is 0. The average molecular weight is 249 g/mol. The highest BCUT2D eigenvalue weighted by atomic mass is 16.5. The molecule has 1 aromatic rings. The summed E-state index contributed by atoms with van der Waals surface area (Å²) in [6.07, 6.45) is 8.27. The van der Waals surface area contributed by atoms with Crippen LogP contribution in [0.4, 0.5) is 0 Å². The molecule has 0 atom stereocenters. The van der Waals surface area contributed by atoms with E-state index in [1.165, 1.54) is 12.0 Å². The normalized spacial score (nSPS) is 10.3. The van der Waals surface area contributed by atoms with Gasteiger partial charge in [-0.15, -0.1) is 0 Å². The molecule has 1 aromatic heterocycles. The van der Waals surface area contributed by atoms with Crippen molar-refractivity contribution in [2.75, 3.05) is 6.61 Å². The number of aryl methyl sites for hydroxylation is 1. The van der Waals surface area contributed by atoms with Gasteiger partial charge in [0.1, 0.15) is 5.69 Å². The molecule has 0 bridgehead atoms. The maximum Gasteiger partial charge on any atom is 0.356 e. The van der Waals surface area contributed by atoms with Crippen LogP contribution in [0.15, 0.2) is 18.3 Å². The molecule has 0 fully saturated rings. The Labute approximate surface area is 110 Å². The van der Waals surface area contributed by atoms with Gasteiger partial charge in [-0.2, -0.15) is 0 Å². The third-order valence-electron chi connectivity index (χ3n) is 2.83. The molecule has 0 spiro atoms. The second kappa shape index (κ2) is 8.67. The summed E-state index contributed by atoms with van der Waals surface area (Å²) >= 11 is 0. The van der Waals surface area contributed by atoms with E-state index in [0.717, 1.165) is 32.1 Å². The Kier molecular flexibility index (Phi) is 7.07. The summed E-state index contributed by atoms with van der Waals surface area (Å²) in [5, 5.41) is 0. The van der Waals surface area contributed by atoms with E-state index in [1.54, 1.807) is 12.3 Å². The van der Waals surface area contributed by atoms with Crippen molar-refractivity contribution < 1.29 is 9.53 Å². The maximum absolute atomic E-state index is 11.6. The Morgan fingerprint density at radius 1 is 1.17 bits per heavy atom. The summed E-state index contributed by atoms with van der Waals surface area (Å²) in [6.45, 7) is 4.78. The molecule has 0 aliphatic heterocycles. The molecule has 0 unspecified atom stereocenters. The molecule has 0 saturated heterocycles. The third-order valence-corrected chi connectivity index (χ3v) is 2.83. The van der Waals surface area contributed by atoms with E-state index in [9.17, 15) is 4.79 Å². The van der Waals surface area contributed by atoms with Gasteiger partial charge in [0.05, 0.1) is 6.61 Å². The molecular formula is C15H23NO2. The van der Waals surface area contributed by atoms with Crippen LogP contribution < -0.4 is 0 Å². The number of esters is 1. The molecule has 0 aliphatic rings. The molecule has 0 radical (unpaired) electrons. The summed E-state index contributed by atoms with van der Waals surface area (Å²) in [4.78, 5) is 15.8. The van der Waals surface area contributed by atoms with Crippen LogP contribution in [0, 0.1) is 0 Å². The highest BCUT2D eigenvalue weighted by Gasteiger charge is 2.08. The van der Waals surface area contributed by atoms with E-state index in [2.05, 4.69) is 18.8 Å². The van der Waals surface area contributed by atoms with Crippen LogP contribution in [0.5, 0.6) is 0 Å². The van der Waals surface area contributed by atoms with Crippen molar-refractivity contribution in [3.8, 4) is 0 Å². The summed E-state index contributed by atoms with van der Waals surface area (Å²) in [5.74, 6) is -0.312. The lowest BCUT2D eigenvalue weighted by molar-refractivity contribution is 0.0491. The van der Waals surface area contributed by atoms with Crippen LogP contribution in [-0.4, -0.2) is 17.6 Å². The Morgan fingerprint density at radius 2 is 1.94 bits per heavy atom. The predicted octanol–water partition coefficient (Wildman–Crippen LogP) is 3.77. The Hall–Kier alpha value is -1.38. The first kappa shape index (κ1) is 14.7. The van der Waals surface area contributed by atoms with Gasteiger partial charge in [-0.3, -0.25) is 0 Å². The van der Waals surface area contributed by atoms with Crippen LogP contribution in [0.3, 0.4) is 0 Å². The molecule has 0 amide bonds. The van der Waals surface area contributed by atoms with E-state index in [-0.39, 0.29) is 5.97 Å². The summed E-state index contributed by atoms with van der Waals surface area (Å²) in [7, 11) is 0. The van der Waals surface area contributed by atoms with Crippen LogP contribution >= 0.6 is 0 Å². The van der Waals surface area contributed by atoms with Crippen LogP contribution in [0.2, 0.25) is 0 Å². The Bertz CT molecular complexity index is 346. The van der Waals surface area contributed by atoms with Gasteiger partial charge >= 0.3 is 5.97 Å². The van der Waals surface area contributed by atoms with Gasteiger partial charge in [-0.25, -0.2) is 9.78 Å². The van der Waals surface area contributed by atoms with Gasteiger partial charge in [-0.05, 0) is 30.9 Å². The number of ether oxygens (including phenoxy) is 1. The number of carbonyl (C=O) groups is 1. The number of pyridine rings is 1. The minimum absolute atomic E-state index is 0.312. The molecule has 0 aliphatic carbocycles. The molecular weight excluding hydrogens is 226 g/mol. The van der Waals surface area contributed by atoms with Crippen LogP contribution in [-0.2, 0) is 11.2 Å². The number of aromatic nitrogens is 1. The standard InChI is InChI=1S/C15H23NO2/c1-3-5-7-11-18-15(17)14-10-9-13(12-16-14)8-6-4-2/h9-10,12H,3-8,11H2,1-2H3. The monoisotopic (exact) mass is 249 g/mol. The van der Waals surface area contributed by atoms with Crippen molar-refractivity contribution in [3.05, 3.63) is 29.6 Å². The van der Waals surface area contributed by atoms with E-state index >= 15 is 0 Å². The van der Waals surface area contributed by atoms with E-state index in [1.807, 2.05) is 6.07 Å². The first-order chi connectivity index (χ1) is 8.77. The van der Waals surface area contributed by atoms with E-state index in [4.69, 9.17) is 4.74 Å².